The molecule has 4 heteroatoms. The van der Waals surface area contributed by atoms with Gasteiger partial charge < -0.3 is 4.90 Å². The molecule has 0 radical (unpaired) electrons. The molecule has 1 atom stereocenters. The molecule has 1 aromatic heterocycles. The van der Waals surface area contributed by atoms with Crippen molar-refractivity contribution in [2.24, 2.45) is 5.92 Å². The summed E-state index contributed by atoms with van der Waals surface area (Å²) >= 11 is 1.72. The molecule has 0 N–H and O–H groups in total. The standard InChI is InChI=1S/C20H24FNOS/c1-2-13-6-7-14-18(10-13)24-19-12-17(22-8-4-3-5-9-22)16(21)11-15(19)20(14)23/h11-13H,2-10H2,1H3. The first-order valence-corrected chi connectivity index (χ1v) is 10.0. The number of hydrogen-bond acceptors (Lipinski definition) is 3. The third-order valence-electron chi connectivity index (χ3n) is 5.69. The van der Waals surface area contributed by atoms with Crippen LogP contribution in [0.5, 0.6) is 0 Å². The molecule has 4 rings (SSSR count). The van der Waals surface area contributed by atoms with Crippen LogP contribution in [0.3, 0.4) is 0 Å². The van der Waals surface area contributed by atoms with Gasteiger partial charge in [0.25, 0.3) is 0 Å². The lowest BCUT2D eigenvalue weighted by atomic mass is 9.87. The van der Waals surface area contributed by atoms with Crippen molar-refractivity contribution >= 4 is 27.1 Å². The average Bonchev–Trinajstić information content (AvgIpc) is 2.62. The molecule has 0 spiro atoms. The molecule has 1 unspecified atom stereocenters. The largest absolute Gasteiger partial charge is 0.369 e. The smallest absolute Gasteiger partial charge is 0.191 e. The van der Waals surface area contributed by atoms with Gasteiger partial charge in [-0.3, -0.25) is 4.79 Å². The van der Waals surface area contributed by atoms with E-state index in [9.17, 15) is 9.18 Å². The van der Waals surface area contributed by atoms with Gasteiger partial charge in [-0.1, -0.05) is 13.3 Å². The summed E-state index contributed by atoms with van der Waals surface area (Å²) in [5.74, 6) is 0.448. The van der Waals surface area contributed by atoms with E-state index in [-0.39, 0.29) is 11.2 Å². The minimum Gasteiger partial charge on any atom is -0.369 e. The zero-order valence-electron chi connectivity index (χ0n) is 14.2. The Morgan fingerprint density at radius 3 is 2.79 bits per heavy atom. The molecule has 0 saturated carbocycles. The quantitative estimate of drug-likeness (QED) is 0.771. The number of hydrogen-bond donors (Lipinski definition) is 0. The van der Waals surface area contributed by atoms with Gasteiger partial charge in [-0.05, 0) is 56.6 Å². The van der Waals surface area contributed by atoms with E-state index in [2.05, 4.69) is 11.8 Å². The molecule has 0 bridgehead atoms. The summed E-state index contributed by atoms with van der Waals surface area (Å²) in [7, 11) is 0. The molecule has 1 fully saturated rings. The molecule has 1 saturated heterocycles. The fraction of sp³-hybridized carbons (Fsp3) is 0.550. The highest BCUT2D eigenvalue weighted by atomic mass is 32.1. The SMILES string of the molecule is CCC1CCc2c(sc3cc(N4CCCCC4)c(F)cc3c2=O)C1. The maximum Gasteiger partial charge on any atom is 0.191 e. The van der Waals surface area contributed by atoms with Crippen molar-refractivity contribution in [3.8, 4) is 0 Å². The summed E-state index contributed by atoms with van der Waals surface area (Å²) < 4.78 is 15.6. The van der Waals surface area contributed by atoms with Gasteiger partial charge in [0.05, 0.1) is 5.69 Å². The van der Waals surface area contributed by atoms with E-state index < -0.39 is 0 Å². The van der Waals surface area contributed by atoms with Crippen molar-refractivity contribution in [3.05, 3.63) is 38.6 Å². The van der Waals surface area contributed by atoms with Crippen LogP contribution in [-0.4, -0.2) is 13.1 Å². The molecule has 1 aromatic carbocycles. The first-order valence-electron chi connectivity index (χ1n) is 9.20. The van der Waals surface area contributed by atoms with Crippen LogP contribution in [0.4, 0.5) is 10.1 Å². The van der Waals surface area contributed by atoms with Gasteiger partial charge in [-0.15, -0.1) is 11.3 Å². The summed E-state index contributed by atoms with van der Waals surface area (Å²) in [4.78, 5) is 16.2. The molecule has 1 aliphatic heterocycles. The van der Waals surface area contributed by atoms with E-state index in [1.807, 2.05) is 6.07 Å². The van der Waals surface area contributed by atoms with E-state index in [1.54, 1.807) is 11.3 Å². The molecule has 2 nitrogen and oxygen atoms in total. The van der Waals surface area contributed by atoms with Crippen molar-refractivity contribution in [3.63, 3.8) is 0 Å². The maximum atomic E-state index is 14.7. The zero-order chi connectivity index (χ0) is 16.7. The summed E-state index contributed by atoms with van der Waals surface area (Å²) in [5, 5.41) is 0.576. The van der Waals surface area contributed by atoms with Gasteiger partial charge in [-0.2, -0.15) is 0 Å². The van der Waals surface area contributed by atoms with Crippen molar-refractivity contribution < 1.29 is 4.39 Å². The van der Waals surface area contributed by atoms with Gasteiger partial charge in [-0.25, -0.2) is 4.39 Å². The van der Waals surface area contributed by atoms with E-state index in [0.29, 0.717) is 17.0 Å². The van der Waals surface area contributed by atoms with E-state index in [4.69, 9.17) is 0 Å². The van der Waals surface area contributed by atoms with Crippen LogP contribution in [0, 0.1) is 11.7 Å². The van der Waals surface area contributed by atoms with Crippen LogP contribution in [0.1, 0.15) is 49.5 Å². The minimum atomic E-state index is -0.240. The first kappa shape index (κ1) is 16.1. The third-order valence-corrected chi connectivity index (χ3v) is 6.91. The van der Waals surface area contributed by atoms with E-state index in [1.165, 1.54) is 23.8 Å². The van der Waals surface area contributed by atoms with Crippen LogP contribution in [0.25, 0.3) is 10.1 Å². The highest BCUT2D eigenvalue weighted by Gasteiger charge is 2.23. The van der Waals surface area contributed by atoms with Gasteiger partial charge in [0, 0.05) is 33.6 Å². The fourth-order valence-electron chi connectivity index (χ4n) is 4.14. The number of nitrogens with zero attached hydrogens (tertiary/aromatic N) is 1. The molecule has 1 aliphatic carbocycles. The lowest BCUT2D eigenvalue weighted by Gasteiger charge is -2.29. The number of benzene rings is 1. The summed E-state index contributed by atoms with van der Waals surface area (Å²) in [5.41, 5.74) is 1.69. The number of fused-ring (bicyclic) bond motifs is 2. The Bertz CT molecular complexity index is 822. The number of halogens is 1. The Morgan fingerprint density at radius 2 is 2.04 bits per heavy atom. The molecular weight excluding hydrogens is 321 g/mol. The second-order valence-electron chi connectivity index (χ2n) is 7.20. The van der Waals surface area contributed by atoms with E-state index in [0.717, 1.165) is 55.5 Å². The highest BCUT2D eigenvalue weighted by Crippen LogP contribution is 2.35. The second-order valence-corrected chi connectivity index (χ2v) is 8.33. The monoisotopic (exact) mass is 345 g/mol. The van der Waals surface area contributed by atoms with Crippen molar-refractivity contribution in [1.82, 2.24) is 0 Å². The molecule has 0 amide bonds. The normalized spacial score (nSPS) is 21.1. The van der Waals surface area contributed by atoms with Crippen LogP contribution in [0.15, 0.2) is 16.9 Å². The molecule has 24 heavy (non-hydrogen) atoms. The Hall–Kier alpha value is -1.42. The Balaban J connectivity index is 1.82. The van der Waals surface area contributed by atoms with Crippen molar-refractivity contribution in [2.45, 2.75) is 51.9 Å². The summed E-state index contributed by atoms with van der Waals surface area (Å²) in [6.07, 6.45) is 7.59. The number of rotatable bonds is 2. The van der Waals surface area contributed by atoms with Crippen LogP contribution in [-0.2, 0) is 12.8 Å². The molecule has 128 valence electrons. The minimum absolute atomic E-state index is 0.0670. The Labute approximate surface area is 146 Å². The first-order chi connectivity index (χ1) is 11.7. The predicted molar refractivity (Wildman–Crippen MR) is 99.9 cm³/mol. The van der Waals surface area contributed by atoms with Crippen molar-refractivity contribution in [1.29, 1.82) is 0 Å². The maximum absolute atomic E-state index is 14.7. The van der Waals surface area contributed by atoms with Crippen LogP contribution >= 0.6 is 11.3 Å². The Kier molecular flexibility index (Phi) is 4.33. The van der Waals surface area contributed by atoms with Crippen molar-refractivity contribution in [2.75, 3.05) is 18.0 Å². The summed E-state index contributed by atoms with van der Waals surface area (Å²) in [6.45, 7) is 4.06. The summed E-state index contributed by atoms with van der Waals surface area (Å²) in [6, 6.07) is 3.42. The predicted octanol–water partition coefficient (Wildman–Crippen LogP) is 4.91. The lowest BCUT2D eigenvalue weighted by Crippen LogP contribution is -2.30. The number of anilines is 1. The lowest BCUT2D eigenvalue weighted by molar-refractivity contribution is 0.448. The van der Waals surface area contributed by atoms with E-state index >= 15 is 0 Å². The molecule has 2 aliphatic rings. The van der Waals surface area contributed by atoms with Gasteiger partial charge in [0.1, 0.15) is 5.82 Å². The Morgan fingerprint density at radius 1 is 1.25 bits per heavy atom. The topological polar surface area (TPSA) is 20.3 Å². The van der Waals surface area contributed by atoms with Gasteiger partial charge in [0.15, 0.2) is 5.43 Å². The van der Waals surface area contributed by atoms with Gasteiger partial charge in [0.2, 0.25) is 0 Å². The molecule has 2 heterocycles. The van der Waals surface area contributed by atoms with Gasteiger partial charge >= 0.3 is 0 Å². The molecular formula is C20H24FNOS. The van der Waals surface area contributed by atoms with Crippen LogP contribution in [0.2, 0.25) is 0 Å². The third kappa shape index (κ3) is 2.75. The number of piperidine rings is 1. The highest BCUT2D eigenvalue weighted by molar-refractivity contribution is 7.18. The average molecular weight is 345 g/mol. The molecule has 2 aromatic rings. The second kappa shape index (κ2) is 6.47. The zero-order valence-corrected chi connectivity index (χ0v) is 15.1. The van der Waals surface area contributed by atoms with Crippen LogP contribution < -0.4 is 10.3 Å². The fourth-order valence-corrected chi connectivity index (χ4v) is 5.48.